The number of amides is 1. The molecule has 1 atom stereocenters. The fourth-order valence-corrected chi connectivity index (χ4v) is 3.34. The van der Waals surface area contributed by atoms with E-state index in [0.717, 1.165) is 22.2 Å². The molecule has 120 valence electrons. The van der Waals surface area contributed by atoms with E-state index in [2.05, 4.69) is 4.98 Å². The fraction of sp³-hybridized carbons (Fsp3) is 0.214. The number of thioether (sulfide) groups is 1. The quantitative estimate of drug-likeness (QED) is 0.587. The van der Waals surface area contributed by atoms with Crippen LogP contribution in [0, 0.1) is 0 Å². The first-order chi connectivity index (χ1) is 10.9. The third-order valence-corrected chi connectivity index (χ3v) is 4.39. The summed E-state index contributed by atoms with van der Waals surface area (Å²) in [4.78, 5) is 39.6. The zero-order valence-electron chi connectivity index (χ0n) is 11.7. The standard InChI is InChI=1S/C14H12N2O5S2/c17-11(18)2-1-9(13(20)21)16-12(19)10(23-14(16)22)7-8-3-5-15-6-4-8/h3-7,9H,1-2H2,(H,17,18)(H,20,21)/b10-7-. The van der Waals surface area contributed by atoms with Crippen LogP contribution in [0.5, 0.6) is 0 Å². The molecule has 0 spiro atoms. The number of carboxylic acid groups (broad SMARTS) is 2. The number of nitrogens with zero attached hydrogens (tertiary/aromatic N) is 2. The highest BCUT2D eigenvalue weighted by Crippen LogP contribution is 2.34. The van der Waals surface area contributed by atoms with E-state index in [1.807, 2.05) is 0 Å². The molecule has 7 nitrogen and oxygen atoms in total. The van der Waals surface area contributed by atoms with E-state index in [4.69, 9.17) is 17.3 Å². The highest BCUT2D eigenvalue weighted by molar-refractivity contribution is 8.26. The number of carboxylic acids is 2. The number of rotatable bonds is 6. The first kappa shape index (κ1) is 17.1. The van der Waals surface area contributed by atoms with Gasteiger partial charge in [-0.1, -0.05) is 24.0 Å². The molecule has 1 aromatic heterocycles. The minimum Gasteiger partial charge on any atom is -0.481 e. The molecule has 1 amide bonds. The Morgan fingerprint density at radius 3 is 2.57 bits per heavy atom. The van der Waals surface area contributed by atoms with Crippen LogP contribution in [0.1, 0.15) is 18.4 Å². The summed E-state index contributed by atoms with van der Waals surface area (Å²) in [6, 6.07) is 2.11. The van der Waals surface area contributed by atoms with E-state index in [1.165, 1.54) is 0 Å². The molecule has 0 bridgehead atoms. The normalized spacial score (nSPS) is 17.6. The van der Waals surface area contributed by atoms with Crippen LogP contribution in [0.15, 0.2) is 29.4 Å². The van der Waals surface area contributed by atoms with Gasteiger partial charge < -0.3 is 10.2 Å². The van der Waals surface area contributed by atoms with Crippen molar-refractivity contribution in [2.45, 2.75) is 18.9 Å². The summed E-state index contributed by atoms with van der Waals surface area (Å²) >= 11 is 6.08. The third-order valence-electron chi connectivity index (χ3n) is 3.06. The zero-order chi connectivity index (χ0) is 17.0. The maximum Gasteiger partial charge on any atom is 0.326 e. The van der Waals surface area contributed by atoms with Crippen molar-refractivity contribution in [1.82, 2.24) is 9.88 Å². The summed E-state index contributed by atoms with van der Waals surface area (Å²) in [5.41, 5.74) is 0.734. The van der Waals surface area contributed by atoms with Gasteiger partial charge in [0.2, 0.25) is 0 Å². The minimum absolute atomic E-state index is 0.105. The summed E-state index contributed by atoms with van der Waals surface area (Å²) in [6.07, 6.45) is 4.16. The monoisotopic (exact) mass is 352 g/mol. The van der Waals surface area contributed by atoms with Gasteiger partial charge >= 0.3 is 11.9 Å². The summed E-state index contributed by atoms with van der Waals surface area (Å²) in [7, 11) is 0. The molecular weight excluding hydrogens is 340 g/mol. The van der Waals surface area contributed by atoms with Crippen molar-refractivity contribution >= 4 is 52.2 Å². The van der Waals surface area contributed by atoms with Crippen LogP contribution in [-0.2, 0) is 14.4 Å². The Morgan fingerprint density at radius 2 is 2.00 bits per heavy atom. The Labute approximate surface area is 141 Å². The van der Waals surface area contributed by atoms with Crippen LogP contribution in [-0.4, -0.2) is 48.3 Å². The molecular formula is C14H12N2O5S2. The number of carbonyl (C=O) groups excluding carboxylic acids is 1. The lowest BCUT2D eigenvalue weighted by atomic mass is 10.1. The molecule has 0 aromatic carbocycles. The first-order valence-electron chi connectivity index (χ1n) is 6.52. The van der Waals surface area contributed by atoms with Crippen molar-refractivity contribution < 1.29 is 24.6 Å². The second kappa shape index (κ2) is 7.34. The van der Waals surface area contributed by atoms with Crippen LogP contribution in [0.2, 0.25) is 0 Å². The number of hydrogen-bond donors (Lipinski definition) is 2. The van der Waals surface area contributed by atoms with Gasteiger partial charge in [-0.05, 0) is 30.2 Å². The Hall–Kier alpha value is -2.26. The van der Waals surface area contributed by atoms with E-state index in [0.29, 0.717) is 4.91 Å². The predicted molar refractivity (Wildman–Crippen MR) is 87.5 cm³/mol. The van der Waals surface area contributed by atoms with Crippen molar-refractivity contribution in [2.24, 2.45) is 0 Å². The van der Waals surface area contributed by atoms with Gasteiger partial charge in [-0.15, -0.1) is 0 Å². The van der Waals surface area contributed by atoms with Gasteiger partial charge in [0, 0.05) is 18.8 Å². The molecule has 1 unspecified atom stereocenters. The Balaban J connectivity index is 2.24. The molecule has 1 aromatic rings. The van der Waals surface area contributed by atoms with E-state index < -0.39 is 23.9 Å². The smallest absolute Gasteiger partial charge is 0.326 e. The number of pyridine rings is 1. The van der Waals surface area contributed by atoms with Crippen molar-refractivity contribution in [1.29, 1.82) is 0 Å². The number of aromatic nitrogens is 1. The fourth-order valence-electron chi connectivity index (χ4n) is 1.98. The maximum absolute atomic E-state index is 12.4. The molecule has 0 saturated carbocycles. The molecule has 2 rings (SSSR count). The summed E-state index contributed by atoms with van der Waals surface area (Å²) in [6.45, 7) is 0. The molecule has 23 heavy (non-hydrogen) atoms. The lowest BCUT2D eigenvalue weighted by Crippen LogP contribution is -2.44. The zero-order valence-corrected chi connectivity index (χ0v) is 13.3. The predicted octanol–water partition coefficient (Wildman–Crippen LogP) is 1.60. The van der Waals surface area contributed by atoms with Crippen LogP contribution < -0.4 is 0 Å². The van der Waals surface area contributed by atoms with Crippen LogP contribution in [0.25, 0.3) is 6.08 Å². The Morgan fingerprint density at radius 1 is 1.35 bits per heavy atom. The molecule has 1 aliphatic heterocycles. The van der Waals surface area contributed by atoms with Crippen molar-refractivity contribution in [3.63, 3.8) is 0 Å². The molecule has 0 radical (unpaired) electrons. The second-order valence-corrected chi connectivity index (χ2v) is 6.29. The van der Waals surface area contributed by atoms with Crippen molar-refractivity contribution in [3.05, 3.63) is 35.0 Å². The Kier molecular flexibility index (Phi) is 5.45. The molecule has 2 heterocycles. The average Bonchev–Trinajstić information content (AvgIpc) is 2.75. The number of thiocarbonyl (C=S) groups is 1. The van der Waals surface area contributed by atoms with Crippen molar-refractivity contribution in [3.8, 4) is 0 Å². The summed E-state index contributed by atoms with van der Waals surface area (Å²) in [5, 5.41) is 18.0. The lowest BCUT2D eigenvalue weighted by Gasteiger charge is -2.22. The summed E-state index contributed by atoms with van der Waals surface area (Å²) < 4.78 is 0.105. The van der Waals surface area contributed by atoms with Gasteiger partial charge in [0.25, 0.3) is 5.91 Å². The molecule has 9 heteroatoms. The molecule has 2 N–H and O–H groups in total. The lowest BCUT2D eigenvalue weighted by molar-refractivity contribution is -0.146. The van der Waals surface area contributed by atoms with Crippen LogP contribution >= 0.6 is 24.0 Å². The van der Waals surface area contributed by atoms with Gasteiger partial charge in [-0.25, -0.2) is 4.79 Å². The van der Waals surface area contributed by atoms with E-state index in [-0.39, 0.29) is 17.2 Å². The highest BCUT2D eigenvalue weighted by Gasteiger charge is 2.40. The summed E-state index contributed by atoms with van der Waals surface area (Å²) in [5.74, 6) is -2.95. The Bertz CT molecular complexity index is 690. The number of aliphatic carboxylic acids is 2. The van der Waals surface area contributed by atoms with Gasteiger partial charge in [-0.3, -0.25) is 19.5 Å². The van der Waals surface area contributed by atoms with E-state index >= 15 is 0 Å². The molecule has 0 aliphatic carbocycles. The van der Waals surface area contributed by atoms with Crippen LogP contribution in [0.4, 0.5) is 0 Å². The largest absolute Gasteiger partial charge is 0.481 e. The molecule has 1 fully saturated rings. The van der Waals surface area contributed by atoms with Gasteiger partial charge in [0.1, 0.15) is 10.4 Å². The average molecular weight is 352 g/mol. The topological polar surface area (TPSA) is 108 Å². The number of carbonyl (C=O) groups is 3. The first-order valence-corrected chi connectivity index (χ1v) is 7.74. The van der Waals surface area contributed by atoms with Gasteiger partial charge in [0.15, 0.2) is 0 Å². The van der Waals surface area contributed by atoms with Crippen molar-refractivity contribution in [2.75, 3.05) is 0 Å². The third kappa shape index (κ3) is 4.14. The van der Waals surface area contributed by atoms with E-state index in [1.54, 1.807) is 30.6 Å². The maximum atomic E-state index is 12.4. The molecule has 1 saturated heterocycles. The highest BCUT2D eigenvalue weighted by atomic mass is 32.2. The van der Waals surface area contributed by atoms with E-state index in [9.17, 15) is 19.5 Å². The van der Waals surface area contributed by atoms with Crippen LogP contribution in [0.3, 0.4) is 0 Å². The minimum atomic E-state index is -1.29. The second-order valence-electron chi connectivity index (χ2n) is 4.62. The van der Waals surface area contributed by atoms with Gasteiger partial charge in [-0.2, -0.15) is 0 Å². The number of hydrogen-bond acceptors (Lipinski definition) is 6. The van der Waals surface area contributed by atoms with Gasteiger partial charge in [0.05, 0.1) is 4.91 Å². The molecule has 1 aliphatic rings. The SMILES string of the molecule is O=C(O)CCC(C(=O)O)N1C(=O)/C(=C/c2ccncc2)SC1=S.